The SMILES string of the molecule is CC[C@@]12/C=C\CCCOC(=O)[C@@H]1[C@H]1C(=O)N([C@@H](CO)Cc3ccccc3)C3C(=O)N(Cn4nnc5ccccc54)CC=C[C@@]31O2. The van der Waals surface area contributed by atoms with Gasteiger partial charge in [0.1, 0.15) is 35.3 Å². The number of fused-ring (bicyclic) bond motifs is 3. The van der Waals surface area contributed by atoms with Crippen LogP contribution in [0.3, 0.4) is 0 Å². The maximum atomic E-state index is 14.9. The molecule has 7 rings (SSSR count). The molecule has 234 valence electrons. The van der Waals surface area contributed by atoms with Crippen LogP contribution >= 0.6 is 0 Å². The molecule has 4 aliphatic heterocycles. The molecule has 0 aliphatic carbocycles. The van der Waals surface area contributed by atoms with Crippen LogP contribution in [0.5, 0.6) is 0 Å². The first kappa shape index (κ1) is 29.4. The van der Waals surface area contributed by atoms with Gasteiger partial charge in [-0.05, 0) is 43.4 Å². The largest absolute Gasteiger partial charge is 0.465 e. The van der Waals surface area contributed by atoms with Crippen molar-refractivity contribution in [2.45, 2.75) is 62.6 Å². The minimum atomic E-state index is -1.46. The molecular formula is C34H37N5O6. The van der Waals surface area contributed by atoms with Gasteiger partial charge >= 0.3 is 5.97 Å². The summed E-state index contributed by atoms with van der Waals surface area (Å²) in [5.74, 6) is -3.23. The number of allylic oxidation sites excluding steroid dienone is 1. The lowest BCUT2D eigenvalue weighted by molar-refractivity contribution is -0.163. The van der Waals surface area contributed by atoms with Crippen LogP contribution in [0.25, 0.3) is 11.0 Å². The highest BCUT2D eigenvalue weighted by Gasteiger charge is 2.75. The fraction of sp³-hybridized carbons (Fsp3) is 0.441. The van der Waals surface area contributed by atoms with Crippen LogP contribution in [0, 0.1) is 11.8 Å². The van der Waals surface area contributed by atoms with Crippen molar-refractivity contribution in [1.82, 2.24) is 24.8 Å². The van der Waals surface area contributed by atoms with Crippen LogP contribution in [0.2, 0.25) is 0 Å². The second kappa shape index (κ2) is 11.5. The Morgan fingerprint density at radius 1 is 1.00 bits per heavy atom. The summed E-state index contributed by atoms with van der Waals surface area (Å²) in [6.07, 6.45) is 9.64. The van der Waals surface area contributed by atoms with E-state index in [9.17, 15) is 19.5 Å². The summed E-state index contributed by atoms with van der Waals surface area (Å²) in [4.78, 5) is 46.6. The molecule has 2 amide bonds. The summed E-state index contributed by atoms with van der Waals surface area (Å²) < 4.78 is 14.4. The lowest BCUT2D eigenvalue weighted by atomic mass is 9.73. The molecule has 0 radical (unpaired) electrons. The van der Waals surface area contributed by atoms with Crippen LogP contribution in [-0.2, 0) is 36.9 Å². The van der Waals surface area contributed by atoms with Gasteiger partial charge in [-0.3, -0.25) is 14.4 Å². The van der Waals surface area contributed by atoms with Crippen LogP contribution in [0.4, 0.5) is 0 Å². The van der Waals surface area contributed by atoms with Crippen LogP contribution in [0.15, 0.2) is 78.9 Å². The van der Waals surface area contributed by atoms with Gasteiger partial charge in [0.2, 0.25) is 5.91 Å². The van der Waals surface area contributed by atoms with Crippen molar-refractivity contribution in [2.75, 3.05) is 19.8 Å². The summed E-state index contributed by atoms with van der Waals surface area (Å²) in [6.45, 7) is 2.11. The maximum absolute atomic E-state index is 14.9. The number of aliphatic hydroxyl groups is 1. The minimum Gasteiger partial charge on any atom is -0.465 e. The third-order valence-corrected chi connectivity index (χ3v) is 9.80. The van der Waals surface area contributed by atoms with Gasteiger partial charge in [0.25, 0.3) is 5.91 Å². The smallest absolute Gasteiger partial charge is 0.313 e. The van der Waals surface area contributed by atoms with Crippen molar-refractivity contribution in [3.05, 3.63) is 84.5 Å². The Balaban J connectivity index is 1.35. The Hall–Kier alpha value is -4.35. The number of cyclic esters (lactones) is 1. The Kier molecular flexibility index (Phi) is 7.53. The molecule has 3 aromatic rings. The van der Waals surface area contributed by atoms with Crippen molar-refractivity contribution in [2.24, 2.45) is 11.8 Å². The number of hydrogen-bond donors (Lipinski definition) is 1. The van der Waals surface area contributed by atoms with Gasteiger partial charge in [-0.2, -0.15) is 0 Å². The van der Waals surface area contributed by atoms with Crippen LogP contribution < -0.4 is 0 Å². The van der Waals surface area contributed by atoms with E-state index < -0.39 is 47.0 Å². The minimum absolute atomic E-state index is 0.0930. The molecule has 2 saturated heterocycles. The first-order chi connectivity index (χ1) is 21.9. The van der Waals surface area contributed by atoms with E-state index in [4.69, 9.17) is 9.47 Å². The Labute approximate surface area is 261 Å². The first-order valence-corrected chi connectivity index (χ1v) is 15.7. The monoisotopic (exact) mass is 611 g/mol. The number of carbonyl (C=O) groups excluding carboxylic acids is 3. The molecule has 0 bridgehead atoms. The van der Waals surface area contributed by atoms with Crippen molar-refractivity contribution in [3.63, 3.8) is 0 Å². The number of likely N-dealkylation sites (tertiary alicyclic amines) is 1. The molecule has 6 atom stereocenters. The second-order valence-electron chi connectivity index (χ2n) is 12.3. The summed E-state index contributed by atoms with van der Waals surface area (Å²) in [5, 5.41) is 19.3. The van der Waals surface area contributed by atoms with Gasteiger partial charge in [-0.1, -0.05) is 78.9 Å². The number of aromatic nitrogens is 3. The molecule has 2 aromatic carbocycles. The fourth-order valence-electron chi connectivity index (χ4n) is 7.70. The van der Waals surface area contributed by atoms with Gasteiger partial charge in [0.15, 0.2) is 0 Å². The van der Waals surface area contributed by atoms with E-state index in [0.29, 0.717) is 31.2 Å². The summed E-state index contributed by atoms with van der Waals surface area (Å²) in [6, 6.07) is 15.2. The second-order valence-corrected chi connectivity index (χ2v) is 12.3. The summed E-state index contributed by atoms with van der Waals surface area (Å²) in [5.41, 5.74) is -0.212. The van der Waals surface area contributed by atoms with Gasteiger partial charge in [-0.25, -0.2) is 4.68 Å². The highest BCUT2D eigenvalue weighted by atomic mass is 16.6. The number of hydrogen-bond acceptors (Lipinski definition) is 8. The van der Waals surface area contributed by atoms with Gasteiger partial charge in [-0.15, -0.1) is 5.10 Å². The third kappa shape index (κ3) is 4.67. The number of nitrogens with zero attached hydrogens (tertiary/aromatic N) is 5. The molecule has 0 saturated carbocycles. The van der Waals surface area contributed by atoms with Gasteiger partial charge in [0.05, 0.1) is 30.7 Å². The average Bonchev–Trinajstić information content (AvgIpc) is 3.65. The van der Waals surface area contributed by atoms with Gasteiger partial charge in [0, 0.05) is 6.54 Å². The predicted octanol–water partition coefficient (Wildman–Crippen LogP) is 2.65. The molecule has 4 aliphatic rings. The number of aliphatic hydroxyl groups excluding tert-OH is 1. The van der Waals surface area contributed by atoms with Crippen molar-refractivity contribution in [3.8, 4) is 0 Å². The van der Waals surface area contributed by atoms with E-state index in [-0.39, 0.29) is 32.3 Å². The number of esters is 1. The zero-order valence-corrected chi connectivity index (χ0v) is 25.2. The van der Waals surface area contributed by atoms with Crippen molar-refractivity contribution < 1.29 is 29.0 Å². The third-order valence-electron chi connectivity index (χ3n) is 9.80. The lowest BCUT2D eigenvalue weighted by Gasteiger charge is -2.40. The van der Waals surface area contributed by atoms with Crippen LogP contribution in [0.1, 0.15) is 31.7 Å². The molecule has 45 heavy (non-hydrogen) atoms. The predicted molar refractivity (Wildman–Crippen MR) is 163 cm³/mol. The standard InChI is InChI=1S/C34H37N5O6/c1-2-33-16-9-4-10-19-44-32(43)28(33)27-30(41)39(24(21-40)20-23-12-5-3-6-13-23)29-31(42)37(18-11-17-34(27,29)45-33)22-38-26-15-8-7-14-25(26)35-36-38/h3,5-9,11-17,24,27-29,40H,2,4,10,18-22H2,1H3/b16-9-/t24-,27+,28+,29?,33-,34+/m1/s1. The number of amides is 2. The number of carbonyl (C=O) groups is 3. The molecule has 11 nitrogen and oxygen atoms in total. The van der Waals surface area contributed by atoms with E-state index in [1.165, 1.54) is 4.90 Å². The van der Waals surface area contributed by atoms with E-state index in [1.54, 1.807) is 9.58 Å². The summed E-state index contributed by atoms with van der Waals surface area (Å²) >= 11 is 0. The normalized spacial score (nSPS) is 31.0. The maximum Gasteiger partial charge on any atom is 0.313 e. The Morgan fingerprint density at radius 3 is 2.60 bits per heavy atom. The van der Waals surface area contributed by atoms with Crippen molar-refractivity contribution in [1.29, 1.82) is 0 Å². The zero-order valence-electron chi connectivity index (χ0n) is 25.2. The number of para-hydroxylation sites is 1. The fourth-order valence-corrected chi connectivity index (χ4v) is 7.70. The average molecular weight is 612 g/mol. The molecule has 2 fully saturated rings. The number of ether oxygens (including phenoxy) is 2. The molecule has 1 N–H and O–H groups in total. The Morgan fingerprint density at radius 2 is 1.80 bits per heavy atom. The highest BCUT2D eigenvalue weighted by Crippen LogP contribution is 2.58. The zero-order chi connectivity index (χ0) is 31.2. The van der Waals surface area contributed by atoms with E-state index in [2.05, 4.69) is 10.3 Å². The Bertz CT molecular complexity index is 1670. The van der Waals surface area contributed by atoms with Gasteiger partial charge < -0.3 is 24.4 Å². The highest BCUT2D eigenvalue weighted by molar-refractivity contribution is 5.99. The van der Waals surface area contributed by atoms with Crippen LogP contribution in [-0.4, -0.2) is 90.7 Å². The number of rotatable bonds is 7. The molecule has 5 heterocycles. The van der Waals surface area contributed by atoms with Crippen molar-refractivity contribution >= 4 is 28.8 Å². The van der Waals surface area contributed by atoms with E-state index in [0.717, 1.165) is 11.1 Å². The molecule has 1 aromatic heterocycles. The quantitative estimate of drug-likeness (QED) is 0.319. The first-order valence-electron chi connectivity index (χ1n) is 15.7. The summed E-state index contributed by atoms with van der Waals surface area (Å²) in [7, 11) is 0. The molecule has 1 unspecified atom stereocenters. The molecular weight excluding hydrogens is 574 g/mol. The lowest BCUT2D eigenvalue weighted by Crippen LogP contribution is -2.59. The topological polar surface area (TPSA) is 127 Å². The molecule has 1 spiro atoms. The molecule has 11 heteroatoms. The number of benzene rings is 2. The van der Waals surface area contributed by atoms with E-state index in [1.807, 2.05) is 85.8 Å². The van der Waals surface area contributed by atoms with E-state index >= 15 is 0 Å².